The molecule has 0 bridgehead atoms. The topological polar surface area (TPSA) is 60.9 Å². The molecule has 1 heterocycles. The van der Waals surface area contributed by atoms with Gasteiger partial charge in [0.2, 0.25) is 0 Å². The fourth-order valence-electron chi connectivity index (χ4n) is 1.32. The average molecular weight is 208 g/mol. The van der Waals surface area contributed by atoms with Crippen molar-refractivity contribution in [1.29, 1.82) is 0 Å². The zero-order chi connectivity index (χ0) is 9.90. The highest BCUT2D eigenvalue weighted by Crippen LogP contribution is 1.98. The monoisotopic (exact) mass is 208 g/mol. The van der Waals surface area contributed by atoms with Gasteiger partial charge in [-0.05, 0) is 7.05 Å². The van der Waals surface area contributed by atoms with Crippen molar-refractivity contribution >= 4 is 10.1 Å². The molecule has 0 aromatic heterocycles. The van der Waals surface area contributed by atoms with Crippen molar-refractivity contribution in [2.24, 2.45) is 0 Å². The summed E-state index contributed by atoms with van der Waals surface area (Å²) in [5, 5.41) is 0. The SMILES string of the molecule is CN1CCN(CCS(=O)(=O)O)CC1. The van der Waals surface area contributed by atoms with Crippen LogP contribution in [-0.4, -0.2) is 68.3 Å². The van der Waals surface area contributed by atoms with Crippen LogP contribution in [0.3, 0.4) is 0 Å². The molecule has 1 rings (SSSR count). The molecular formula is C7H16N2O3S. The lowest BCUT2D eigenvalue weighted by Crippen LogP contribution is -2.45. The van der Waals surface area contributed by atoms with Gasteiger partial charge in [-0.15, -0.1) is 0 Å². The second kappa shape index (κ2) is 4.36. The Labute approximate surface area is 79.1 Å². The van der Waals surface area contributed by atoms with Crippen molar-refractivity contribution in [2.75, 3.05) is 45.5 Å². The number of likely N-dealkylation sites (N-methyl/N-ethyl adjacent to an activating group) is 1. The van der Waals surface area contributed by atoms with Gasteiger partial charge in [0.1, 0.15) is 0 Å². The van der Waals surface area contributed by atoms with Gasteiger partial charge < -0.3 is 4.90 Å². The van der Waals surface area contributed by atoms with Crippen molar-refractivity contribution < 1.29 is 13.0 Å². The van der Waals surface area contributed by atoms with Gasteiger partial charge in [0, 0.05) is 32.7 Å². The maximum Gasteiger partial charge on any atom is 0.266 e. The van der Waals surface area contributed by atoms with E-state index in [-0.39, 0.29) is 5.75 Å². The van der Waals surface area contributed by atoms with Crippen molar-refractivity contribution in [3.8, 4) is 0 Å². The average Bonchev–Trinajstić information content (AvgIpc) is 2.02. The summed E-state index contributed by atoms with van der Waals surface area (Å²) in [4.78, 5) is 4.25. The van der Waals surface area contributed by atoms with Gasteiger partial charge in [0.15, 0.2) is 0 Å². The molecule has 1 fully saturated rings. The van der Waals surface area contributed by atoms with E-state index in [1.165, 1.54) is 0 Å². The lowest BCUT2D eigenvalue weighted by Gasteiger charge is -2.31. The van der Waals surface area contributed by atoms with Crippen molar-refractivity contribution in [2.45, 2.75) is 0 Å². The van der Waals surface area contributed by atoms with Gasteiger partial charge in [-0.1, -0.05) is 0 Å². The Kier molecular flexibility index (Phi) is 3.66. The van der Waals surface area contributed by atoms with E-state index < -0.39 is 10.1 Å². The van der Waals surface area contributed by atoms with E-state index in [0.717, 1.165) is 26.2 Å². The second-order valence-corrected chi connectivity index (χ2v) is 5.00. The first-order valence-corrected chi connectivity index (χ1v) is 5.94. The first-order chi connectivity index (χ1) is 5.97. The summed E-state index contributed by atoms with van der Waals surface area (Å²) in [5.74, 6) is -0.156. The van der Waals surface area contributed by atoms with E-state index in [2.05, 4.69) is 4.90 Å². The van der Waals surface area contributed by atoms with E-state index in [1.54, 1.807) is 0 Å². The lowest BCUT2D eigenvalue weighted by molar-refractivity contribution is 0.160. The smallest absolute Gasteiger partial charge is 0.266 e. The van der Waals surface area contributed by atoms with Crippen molar-refractivity contribution in [1.82, 2.24) is 9.80 Å². The van der Waals surface area contributed by atoms with E-state index in [1.807, 2.05) is 11.9 Å². The van der Waals surface area contributed by atoms with Crippen LogP contribution in [-0.2, 0) is 10.1 Å². The Hall–Kier alpha value is -0.170. The second-order valence-electron chi connectivity index (χ2n) is 3.43. The van der Waals surface area contributed by atoms with Gasteiger partial charge in [0.25, 0.3) is 10.1 Å². The van der Waals surface area contributed by atoms with Gasteiger partial charge in [-0.25, -0.2) is 0 Å². The Bertz CT molecular complexity index is 244. The Morgan fingerprint density at radius 3 is 2.23 bits per heavy atom. The third-order valence-electron chi connectivity index (χ3n) is 2.26. The van der Waals surface area contributed by atoms with Crippen LogP contribution < -0.4 is 0 Å². The molecule has 13 heavy (non-hydrogen) atoms. The molecule has 0 aromatic rings. The molecule has 5 nitrogen and oxygen atoms in total. The number of piperazine rings is 1. The number of hydrogen-bond donors (Lipinski definition) is 1. The first-order valence-electron chi connectivity index (χ1n) is 4.33. The molecule has 1 aliphatic heterocycles. The minimum atomic E-state index is -3.79. The standard InChI is InChI=1S/C7H16N2O3S/c1-8-2-4-9(5-3-8)6-7-13(10,11)12/h2-7H2,1H3,(H,10,11,12). The number of hydrogen-bond acceptors (Lipinski definition) is 4. The van der Waals surface area contributed by atoms with Crippen LogP contribution in [0.5, 0.6) is 0 Å². The van der Waals surface area contributed by atoms with Crippen LogP contribution in [0.2, 0.25) is 0 Å². The molecule has 0 spiro atoms. The molecule has 0 aliphatic carbocycles. The van der Waals surface area contributed by atoms with Crippen LogP contribution in [0.1, 0.15) is 0 Å². The molecule has 1 N–H and O–H groups in total. The molecule has 0 atom stereocenters. The zero-order valence-corrected chi connectivity index (χ0v) is 8.63. The van der Waals surface area contributed by atoms with E-state index in [9.17, 15) is 8.42 Å². The number of nitrogens with zero attached hydrogens (tertiary/aromatic N) is 2. The molecule has 0 radical (unpaired) electrons. The molecule has 1 saturated heterocycles. The predicted molar refractivity (Wildman–Crippen MR) is 50.4 cm³/mol. The van der Waals surface area contributed by atoms with Crippen LogP contribution in [0.15, 0.2) is 0 Å². The summed E-state index contributed by atoms with van der Waals surface area (Å²) < 4.78 is 29.4. The Balaban J connectivity index is 2.24. The van der Waals surface area contributed by atoms with Crippen LogP contribution in [0.25, 0.3) is 0 Å². The molecule has 0 amide bonds. The van der Waals surface area contributed by atoms with Crippen LogP contribution >= 0.6 is 0 Å². The summed E-state index contributed by atoms with van der Waals surface area (Å²) >= 11 is 0. The lowest BCUT2D eigenvalue weighted by atomic mass is 10.3. The fourth-order valence-corrected chi connectivity index (χ4v) is 1.80. The highest BCUT2D eigenvalue weighted by Gasteiger charge is 2.15. The maximum absolute atomic E-state index is 10.5. The van der Waals surface area contributed by atoms with Gasteiger partial charge in [-0.3, -0.25) is 9.45 Å². The van der Waals surface area contributed by atoms with Crippen LogP contribution in [0.4, 0.5) is 0 Å². The fraction of sp³-hybridized carbons (Fsp3) is 1.00. The molecule has 0 saturated carbocycles. The van der Waals surface area contributed by atoms with Crippen molar-refractivity contribution in [3.63, 3.8) is 0 Å². The molecule has 1 aliphatic rings. The highest BCUT2D eigenvalue weighted by atomic mass is 32.2. The van der Waals surface area contributed by atoms with E-state index >= 15 is 0 Å². The molecule has 78 valence electrons. The predicted octanol–water partition coefficient (Wildman–Crippen LogP) is -0.878. The minimum Gasteiger partial charge on any atom is -0.304 e. The third kappa shape index (κ3) is 4.56. The van der Waals surface area contributed by atoms with E-state index in [0.29, 0.717) is 6.54 Å². The molecule has 0 aromatic carbocycles. The molecule has 0 unspecified atom stereocenters. The normalized spacial score (nSPS) is 22.0. The Morgan fingerprint density at radius 1 is 1.23 bits per heavy atom. The summed E-state index contributed by atoms with van der Waals surface area (Å²) in [6, 6.07) is 0. The van der Waals surface area contributed by atoms with Gasteiger partial charge in [0.05, 0.1) is 5.75 Å². The summed E-state index contributed by atoms with van der Waals surface area (Å²) in [6.45, 7) is 4.13. The quantitative estimate of drug-likeness (QED) is 0.610. The maximum atomic E-state index is 10.5. The summed E-state index contributed by atoms with van der Waals surface area (Å²) in [7, 11) is -1.75. The molecular weight excluding hydrogens is 192 g/mol. The largest absolute Gasteiger partial charge is 0.304 e. The van der Waals surface area contributed by atoms with E-state index in [4.69, 9.17) is 4.55 Å². The highest BCUT2D eigenvalue weighted by molar-refractivity contribution is 7.85. The third-order valence-corrected chi connectivity index (χ3v) is 2.96. The zero-order valence-electron chi connectivity index (χ0n) is 7.81. The van der Waals surface area contributed by atoms with Gasteiger partial charge in [-0.2, -0.15) is 8.42 Å². The number of rotatable bonds is 3. The minimum absolute atomic E-state index is 0.156. The van der Waals surface area contributed by atoms with Crippen molar-refractivity contribution in [3.05, 3.63) is 0 Å². The Morgan fingerprint density at radius 2 is 1.77 bits per heavy atom. The summed E-state index contributed by atoms with van der Waals surface area (Å²) in [6.07, 6.45) is 0. The molecule has 6 heteroatoms. The first kappa shape index (κ1) is 10.9. The summed E-state index contributed by atoms with van der Waals surface area (Å²) in [5.41, 5.74) is 0. The van der Waals surface area contributed by atoms with Crippen LogP contribution in [0, 0.1) is 0 Å². The van der Waals surface area contributed by atoms with Gasteiger partial charge >= 0.3 is 0 Å².